The third-order valence-electron chi connectivity index (χ3n) is 2.81. The van der Waals surface area contributed by atoms with Crippen LogP contribution < -0.4 is 16.8 Å². The Kier molecular flexibility index (Phi) is 3.65. The fourth-order valence-electron chi connectivity index (χ4n) is 1.74. The second kappa shape index (κ2) is 5.38. The van der Waals surface area contributed by atoms with Crippen LogP contribution in [-0.4, -0.2) is 20.7 Å². The molecular weight excluding hydrogens is 244 g/mol. The van der Waals surface area contributed by atoms with Gasteiger partial charge < -0.3 is 21.4 Å². The Balaban J connectivity index is 2.12. The number of hydrogen-bond donors (Lipinski definition) is 3. The van der Waals surface area contributed by atoms with Gasteiger partial charge in [-0.2, -0.15) is 0 Å². The zero-order valence-corrected chi connectivity index (χ0v) is 10.6. The van der Waals surface area contributed by atoms with Gasteiger partial charge in [0.1, 0.15) is 6.33 Å². The molecule has 0 bridgehead atoms. The number of primary amides is 1. The zero-order valence-electron chi connectivity index (χ0n) is 10.6. The molecule has 2 aromatic rings. The number of nitrogens with one attached hydrogen (secondary N) is 1. The highest BCUT2D eigenvalue weighted by atomic mass is 16.1. The van der Waals surface area contributed by atoms with Crippen molar-refractivity contribution in [1.29, 1.82) is 0 Å². The summed E-state index contributed by atoms with van der Waals surface area (Å²) in [5, 5.41) is 11.0. The minimum Gasteiger partial charge on any atom is -0.398 e. The summed E-state index contributed by atoms with van der Waals surface area (Å²) in [5.41, 5.74) is 12.4. The predicted molar refractivity (Wildman–Crippen MR) is 72.4 cm³/mol. The van der Waals surface area contributed by atoms with Gasteiger partial charge in [0, 0.05) is 17.9 Å². The molecule has 0 aliphatic carbocycles. The summed E-state index contributed by atoms with van der Waals surface area (Å²) in [6.07, 6.45) is 1.68. The van der Waals surface area contributed by atoms with E-state index < -0.39 is 5.91 Å². The Morgan fingerprint density at radius 1 is 1.47 bits per heavy atom. The number of anilines is 2. The van der Waals surface area contributed by atoms with Crippen molar-refractivity contribution in [2.45, 2.75) is 20.0 Å². The van der Waals surface area contributed by atoms with Crippen molar-refractivity contribution in [3.63, 3.8) is 0 Å². The quantitative estimate of drug-likeness (QED) is 0.681. The molecule has 1 amide bonds. The first-order valence-electron chi connectivity index (χ1n) is 5.91. The van der Waals surface area contributed by atoms with E-state index in [1.807, 2.05) is 11.5 Å². The molecule has 100 valence electrons. The number of nitrogens with zero attached hydrogens (tertiary/aromatic N) is 3. The lowest BCUT2D eigenvalue weighted by Crippen LogP contribution is -2.14. The molecule has 0 aliphatic heterocycles. The number of nitrogen functional groups attached to an aromatic ring is 1. The van der Waals surface area contributed by atoms with Crippen molar-refractivity contribution in [3.05, 3.63) is 35.9 Å². The Hall–Kier alpha value is -2.57. The van der Waals surface area contributed by atoms with E-state index in [1.165, 1.54) is 0 Å². The molecular formula is C12H16N6O. The van der Waals surface area contributed by atoms with Crippen LogP contribution in [0.15, 0.2) is 24.5 Å². The summed E-state index contributed by atoms with van der Waals surface area (Å²) in [6, 6.07) is 5.06. The number of carbonyl (C=O) groups is 1. The monoisotopic (exact) mass is 260 g/mol. The summed E-state index contributed by atoms with van der Waals surface area (Å²) in [5.74, 6) is 0.276. The molecule has 1 heterocycles. The van der Waals surface area contributed by atoms with Crippen LogP contribution >= 0.6 is 0 Å². The first-order valence-corrected chi connectivity index (χ1v) is 5.91. The fourth-order valence-corrected chi connectivity index (χ4v) is 1.74. The van der Waals surface area contributed by atoms with Crippen molar-refractivity contribution in [3.8, 4) is 0 Å². The molecule has 0 saturated carbocycles. The van der Waals surface area contributed by atoms with Crippen molar-refractivity contribution in [2.24, 2.45) is 5.73 Å². The van der Waals surface area contributed by atoms with Gasteiger partial charge in [-0.1, -0.05) is 0 Å². The molecule has 2 rings (SSSR count). The molecule has 0 atom stereocenters. The van der Waals surface area contributed by atoms with Gasteiger partial charge in [0.2, 0.25) is 0 Å². The van der Waals surface area contributed by atoms with Crippen LogP contribution in [-0.2, 0) is 13.1 Å². The molecule has 1 aromatic carbocycles. The van der Waals surface area contributed by atoms with E-state index >= 15 is 0 Å². The number of hydrogen-bond acceptors (Lipinski definition) is 5. The van der Waals surface area contributed by atoms with E-state index in [-0.39, 0.29) is 0 Å². The van der Waals surface area contributed by atoms with Crippen LogP contribution in [0.3, 0.4) is 0 Å². The van der Waals surface area contributed by atoms with E-state index in [2.05, 4.69) is 15.5 Å². The third-order valence-corrected chi connectivity index (χ3v) is 2.81. The van der Waals surface area contributed by atoms with Gasteiger partial charge in [-0.25, -0.2) is 0 Å². The maximum Gasteiger partial charge on any atom is 0.250 e. The number of nitrogens with two attached hydrogens (primary N) is 2. The average Bonchev–Trinajstić information content (AvgIpc) is 2.84. The van der Waals surface area contributed by atoms with Crippen molar-refractivity contribution in [1.82, 2.24) is 14.8 Å². The highest BCUT2D eigenvalue weighted by Crippen LogP contribution is 2.17. The van der Waals surface area contributed by atoms with E-state index in [4.69, 9.17) is 11.5 Å². The number of rotatable bonds is 5. The lowest BCUT2D eigenvalue weighted by molar-refractivity contribution is 0.100. The van der Waals surface area contributed by atoms with Crippen LogP contribution in [0.2, 0.25) is 0 Å². The minimum absolute atomic E-state index is 0.307. The molecule has 0 fully saturated rings. The topological polar surface area (TPSA) is 112 Å². The summed E-state index contributed by atoms with van der Waals surface area (Å²) in [6.45, 7) is 3.33. The van der Waals surface area contributed by atoms with Crippen LogP contribution in [0.5, 0.6) is 0 Å². The van der Waals surface area contributed by atoms with Crippen molar-refractivity contribution >= 4 is 17.3 Å². The first kappa shape index (κ1) is 12.9. The standard InChI is InChI=1S/C12H16N6O/c1-2-18-7-16-17-11(18)6-15-8-3-4-10(13)9(5-8)12(14)19/h3-5,7,15H,2,6,13H2,1H3,(H2,14,19). The molecule has 0 unspecified atom stereocenters. The van der Waals surface area contributed by atoms with Gasteiger partial charge in [-0.3, -0.25) is 4.79 Å². The second-order valence-corrected chi connectivity index (χ2v) is 4.05. The lowest BCUT2D eigenvalue weighted by atomic mass is 10.1. The van der Waals surface area contributed by atoms with Crippen LogP contribution in [0, 0.1) is 0 Å². The van der Waals surface area contributed by atoms with Crippen LogP contribution in [0.4, 0.5) is 11.4 Å². The molecule has 0 aliphatic rings. The molecule has 1 aromatic heterocycles. The Labute approximate surface area is 110 Å². The zero-order chi connectivity index (χ0) is 13.8. The number of aryl methyl sites for hydroxylation is 1. The van der Waals surface area contributed by atoms with Gasteiger partial charge in [-0.05, 0) is 25.1 Å². The SMILES string of the molecule is CCn1cnnc1CNc1ccc(N)c(C(N)=O)c1. The highest BCUT2D eigenvalue weighted by Gasteiger charge is 2.07. The highest BCUT2D eigenvalue weighted by molar-refractivity contribution is 5.98. The lowest BCUT2D eigenvalue weighted by Gasteiger charge is -2.09. The van der Waals surface area contributed by atoms with Gasteiger partial charge in [0.05, 0.1) is 12.1 Å². The first-order chi connectivity index (χ1) is 9.11. The maximum atomic E-state index is 11.2. The number of benzene rings is 1. The number of carbonyl (C=O) groups excluding carboxylic acids is 1. The largest absolute Gasteiger partial charge is 0.398 e. The van der Waals surface area contributed by atoms with Crippen molar-refractivity contribution in [2.75, 3.05) is 11.1 Å². The molecule has 0 radical (unpaired) electrons. The summed E-state index contributed by atoms with van der Waals surface area (Å²) in [7, 11) is 0. The Bertz CT molecular complexity index is 592. The van der Waals surface area contributed by atoms with E-state index in [9.17, 15) is 4.79 Å². The van der Waals surface area contributed by atoms with E-state index in [0.29, 0.717) is 17.8 Å². The van der Waals surface area contributed by atoms with Gasteiger partial charge >= 0.3 is 0 Å². The normalized spacial score (nSPS) is 10.4. The van der Waals surface area contributed by atoms with Crippen LogP contribution in [0.1, 0.15) is 23.1 Å². The predicted octanol–water partition coefficient (Wildman–Crippen LogP) is 0.591. The number of amides is 1. The summed E-state index contributed by atoms with van der Waals surface area (Å²) in [4.78, 5) is 11.2. The molecule has 0 saturated heterocycles. The molecule has 7 heteroatoms. The molecule has 0 spiro atoms. The fraction of sp³-hybridized carbons (Fsp3) is 0.250. The van der Waals surface area contributed by atoms with E-state index in [1.54, 1.807) is 24.5 Å². The second-order valence-electron chi connectivity index (χ2n) is 4.05. The Morgan fingerprint density at radius 2 is 2.26 bits per heavy atom. The number of aromatic nitrogens is 3. The third kappa shape index (κ3) is 2.82. The van der Waals surface area contributed by atoms with Gasteiger partial charge in [0.25, 0.3) is 5.91 Å². The molecule has 7 nitrogen and oxygen atoms in total. The maximum absolute atomic E-state index is 11.2. The minimum atomic E-state index is -0.544. The van der Waals surface area contributed by atoms with Gasteiger partial charge in [-0.15, -0.1) is 10.2 Å². The Morgan fingerprint density at radius 3 is 2.95 bits per heavy atom. The van der Waals surface area contributed by atoms with E-state index in [0.717, 1.165) is 18.1 Å². The molecule has 5 N–H and O–H groups in total. The smallest absolute Gasteiger partial charge is 0.250 e. The van der Waals surface area contributed by atoms with Crippen molar-refractivity contribution < 1.29 is 4.79 Å². The molecule has 19 heavy (non-hydrogen) atoms. The average molecular weight is 260 g/mol. The summed E-state index contributed by atoms with van der Waals surface area (Å²) < 4.78 is 1.93. The summed E-state index contributed by atoms with van der Waals surface area (Å²) >= 11 is 0. The van der Waals surface area contributed by atoms with Gasteiger partial charge in [0.15, 0.2) is 5.82 Å². The van der Waals surface area contributed by atoms with Crippen LogP contribution in [0.25, 0.3) is 0 Å².